The number of hydrogen-bond donors (Lipinski definition) is 0. The molecule has 0 aliphatic carbocycles. The van der Waals surface area contributed by atoms with Crippen molar-refractivity contribution in [3.8, 4) is 0 Å². The van der Waals surface area contributed by atoms with Crippen LogP contribution in [0.3, 0.4) is 0 Å². The van der Waals surface area contributed by atoms with E-state index in [1.165, 1.54) is 6.07 Å². The summed E-state index contributed by atoms with van der Waals surface area (Å²) in [5.41, 5.74) is 2.91. The molecule has 6 heteroatoms. The monoisotopic (exact) mass is 384 g/mol. The first-order valence-electron chi connectivity index (χ1n) is 9.66. The highest BCUT2D eigenvalue weighted by Crippen LogP contribution is 2.20. The van der Waals surface area contributed by atoms with Gasteiger partial charge in [-0.15, -0.1) is 0 Å². The Kier molecular flexibility index (Phi) is 6.52. The molecule has 0 N–H and O–H groups in total. The largest absolute Gasteiger partial charge is 0.378 e. The normalized spacial score (nSPS) is 14.8. The maximum atomic E-state index is 13.9. The molecule has 1 amide bonds. The molecule has 150 valence electrons. The number of carbonyl (C=O) groups is 1. The number of para-hydroxylation sites is 1. The van der Waals surface area contributed by atoms with E-state index in [1.54, 1.807) is 11.0 Å². The van der Waals surface area contributed by atoms with E-state index in [4.69, 9.17) is 0 Å². The van der Waals surface area contributed by atoms with Crippen molar-refractivity contribution in [2.24, 2.45) is 0 Å². The fourth-order valence-corrected chi connectivity index (χ4v) is 3.43. The molecule has 0 saturated carbocycles. The van der Waals surface area contributed by atoms with E-state index in [-0.39, 0.29) is 11.7 Å². The molecule has 1 heterocycles. The summed E-state index contributed by atoms with van der Waals surface area (Å²) >= 11 is 0. The molecule has 1 fully saturated rings. The summed E-state index contributed by atoms with van der Waals surface area (Å²) in [6.07, 6.45) is 0. The Balaban J connectivity index is 1.48. The van der Waals surface area contributed by atoms with Gasteiger partial charge in [0, 0.05) is 59.6 Å². The molecule has 28 heavy (non-hydrogen) atoms. The van der Waals surface area contributed by atoms with E-state index < -0.39 is 0 Å². The van der Waals surface area contributed by atoms with E-state index in [9.17, 15) is 9.18 Å². The van der Waals surface area contributed by atoms with Crippen molar-refractivity contribution in [2.45, 2.75) is 6.54 Å². The Hall–Kier alpha value is -2.60. The van der Waals surface area contributed by atoms with Gasteiger partial charge in [0.25, 0.3) is 0 Å². The number of halogens is 1. The first-order valence-corrected chi connectivity index (χ1v) is 9.66. The lowest BCUT2D eigenvalue weighted by Gasteiger charge is -2.36. The molecule has 1 aliphatic heterocycles. The van der Waals surface area contributed by atoms with Gasteiger partial charge in [-0.25, -0.2) is 4.39 Å². The predicted octanol–water partition coefficient (Wildman–Crippen LogP) is 2.67. The molecule has 0 radical (unpaired) electrons. The second kappa shape index (κ2) is 9.06. The zero-order valence-electron chi connectivity index (χ0n) is 16.9. The van der Waals surface area contributed by atoms with Crippen LogP contribution in [0, 0.1) is 5.82 Å². The maximum absolute atomic E-state index is 13.9. The first-order chi connectivity index (χ1) is 13.4. The average Bonchev–Trinajstić information content (AvgIpc) is 2.69. The van der Waals surface area contributed by atoms with Gasteiger partial charge < -0.3 is 14.7 Å². The van der Waals surface area contributed by atoms with Crippen LogP contribution < -0.4 is 9.80 Å². The average molecular weight is 384 g/mol. The number of likely N-dealkylation sites (N-methyl/N-ethyl adjacent to an activating group) is 1. The molecule has 0 bridgehead atoms. The van der Waals surface area contributed by atoms with Crippen LogP contribution in [0.15, 0.2) is 48.5 Å². The highest BCUT2D eigenvalue weighted by Gasteiger charge is 2.22. The van der Waals surface area contributed by atoms with Crippen molar-refractivity contribution < 1.29 is 9.18 Å². The minimum Gasteiger partial charge on any atom is -0.378 e. The molecule has 0 unspecified atom stereocenters. The zero-order chi connectivity index (χ0) is 20.1. The van der Waals surface area contributed by atoms with E-state index in [1.807, 2.05) is 38.2 Å². The Morgan fingerprint density at radius 3 is 2.21 bits per heavy atom. The Morgan fingerprint density at radius 2 is 1.61 bits per heavy atom. The predicted molar refractivity (Wildman–Crippen MR) is 112 cm³/mol. The van der Waals surface area contributed by atoms with Gasteiger partial charge >= 0.3 is 0 Å². The molecule has 2 aromatic rings. The van der Waals surface area contributed by atoms with Crippen molar-refractivity contribution in [3.05, 3.63) is 59.9 Å². The minimum absolute atomic E-state index is 0.107. The quantitative estimate of drug-likeness (QED) is 0.766. The van der Waals surface area contributed by atoms with E-state index >= 15 is 0 Å². The summed E-state index contributed by atoms with van der Waals surface area (Å²) in [7, 11) is 5.87. The van der Waals surface area contributed by atoms with E-state index in [2.05, 4.69) is 34.1 Å². The number of amides is 1. The van der Waals surface area contributed by atoms with Crippen LogP contribution in [0.4, 0.5) is 15.8 Å². The van der Waals surface area contributed by atoms with Gasteiger partial charge in [-0.3, -0.25) is 9.69 Å². The molecule has 0 aromatic heterocycles. The Morgan fingerprint density at radius 1 is 0.964 bits per heavy atom. The Bertz CT molecular complexity index is 785. The summed E-state index contributed by atoms with van der Waals surface area (Å²) in [4.78, 5) is 20.6. The lowest BCUT2D eigenvalue weighted by atomic mass is 10.2. The molecule has 3 rings (SSSR count). The molecule has 1 aliphatic rings. The van der Waals surface area contributed by atoms with Crippen molar-refractivity contribution in [1.29, 1.82) is 0 Å². The summed E-state index contributed by atoms with van der Waals surface area (Å²) in [5, 5.41) is 0. The second-order valence-electron chi connectivity index (χ2n) is 7.53. The SMILES string of the molecule is CN(Cc1ccc(N(C)C)cc1)C(=O)CN1CCN(c2ccccc2F)CC1. The third kappa shape index (κ3) is 5.01. The number of carbonyl (C=O) groups excluding carboxylic acids is 1. The van der Waals surface area contributed by atoms with Crippen LogP contribution in [0.25, 0.3) is 0 Å². The summed E-state index contributed by atoms with van der Waals surface area (Å²) < 4.78 is 13.9. The van der Waals surface area contributed by atoms with Crippen LogP contribution in [0.1, 0.15) is 5.56 Å². The van der Waals surface area contributed by atoms with Crippen LogP contribution in [-0.4, -0.2) is 69.6 Å². The lowest BCUT2D eigenvalue weighted by Crippen LogP contribution is -2.49. The van der Waals surface area contributed by atoms with Crippen molar-refractivity contribution in [2.75, 3.05) is 63.7 Å². The van der Waals surface area contributed by atoms with Crippen molar-refractivity contribution in [3.63, 3.8) is 0 Å². The molecule has 5 nitrogen and oxygen atoms in total. The smallest absolute Gasteiger partial charge is 0.236 e. The number of anilines is 2. The zero-order valence-corrected chi connectivity index (χ0v) is 16.9. The molecule has 0 spiro atoms. The summed E-state index contributed by atoms with van der Waals surface area (Å²) in [5.74, 6) is -0.0805. The fourth-order valence-electron chi connectivity index (χ4n) is 3.43. The number of piperazine rings is 1. The number of hydrogen-bond acceptors (Lipinski definition) is 4. The second-order valence-corrected chi connectivity index (χ2v) is 7.53. The van der Waals surface area contributed by atoms with Gasteiger partial charge in [0.05, 0.1) is 12.2 Å². The molecule has 0 atom stereocenters. The van der Waals surface area contributed by atoms with Crippen LogP contribution >= 0.6 is 0 Å². The van der Waals surface area contributed by atoms with Crippen molar-refractivity contribution >= 4 is 17.3 Å². The number of nitrogens with zero attached hydrogens (tertiary/aromatic N) is 4. The van der Waals surface area contributed by atoms with Gasteiger partial charge in [0.15, 0.2) is 0 Å². The molecule has 1 saturated heterocycles. The fraction of sp³-hybridized carbons (Fsp3) is 0.409. The standard InChI is InChI=1S/C22H29FN4O/c1-24(2)19-10-8-18(9-11-19)16-25(3)22(28)17-26-12-14-27(15-13-26)21-7-5-4-6-20(21)23/h4-11H,12-17H2,1-3H3. The third-order valence-corrected chi connectivity index (χ3v) is 5.22. The molecule has 2 aromatic carbocycles. The van der Waals surface area contributed by atoms with Gasteiger partial charge in [0.1, 0.15) is 5.82 Å². The van der Waals surface area contributed by atoms with Crippen molar-refractivity contribution in [1.82, 2.24) is 9.80 Å². The highest BCUT2D eigenvalue weighted by molar-refractivity contribution is 5.78. The molecular formula is C22H29FN4O. The van der Waals surface area contributed by atoms with Gasteiger partial charge in [-0.05, 0) is 29.8 Å². The minimum atomic E-state index is -0.188. The summed E-state index contributed by atoms with van der Waals surface area (Å²) in [6, 6.07) is 15.1. The first kappa shape index (κ1) is 20.1. The highest BCUT2D eigenvalue weighted by atomic mass is 19.1. The number of rotatable bonds is 6. The number of benzene rings is 2. The van der Waals surface area contributed by atoms with E-state index in [0.717, 1.165) is 37.4 Å². The van der Waals surface area contributed by atoms with Crippen LogP contribution in [-0.2, 0) is 11.3 Å². The van der Waals surface area contributed by atoms with Gasteiger partial charge in [0.2, 0.25) is 5.91 Å². The van der Waals surface area contributed by atoms with Crippen LogP contribution in [0.5, 0.6) is 0 Å². The van der Waals surface area contributed by atoms with E-state index in [0.29, 0.717) is 18.8 Å². The third-order valence-electron chi connectivity index (χ3n) is 5.22. The van der Waals surface area contributed by atoms with Crippen LogP contribution in [0.2, 0.25) is 0 Å². The maximum Gasteiger partial charge on any atom is 0.236 e. The molecular weight excluding hydrogens is 355 g/mol. The Labute approximate surface area is 166 Å². The lowest BCUT2D eigenvalue weighted by molar-refractivity contribution is -0.131. The van der Waals surface area contributed by atoms with Gasteiger partial charge in [-0.1, -0.05) is 24.3 Å². The summed E-state index contributed by atoms with van der Waals surface area (Å²) in [6.45, 7) is 3.96. The van der Waals surface area contributed by atoms with Gasteiger partial charge in [-0.2, -0.15) is 0 Å². The topological polar surface area (TPSA) is 30.0 Å².